The van der Waals surface area contributed by atoms with Gasteiger partial charge in [-0.2, -0.15) is 0 Å². The van der Waals surface area contributed by atoms with Gasteiger partial charge < -0.3 is 5.11 Å². The van der Waals surface area contributed by atoms with Crippen LogP contribution >= 0.6 is 38.9 Å². The molecule has 19 heavy (non-hydrogen) atoms. The minimum atomic E-state index is -3.02. The van der Waals surface area contributed by atoms with Gasteiger partial charge in [-0.15, -0.1) is 11.3 Å². The van der Waals surface area contributed by atoms with Crippen molar-refractivity contribution in [3.63, 3.8) is 0 Å². The summed E-state index contributed by atoms with van der Waals surface area (Å²) in [6.07, 6.45) is 3.60. The number of aliphatic hydroxyl groups is 1. The molecule has 108 valence electrons. The molecule has 0 amide bonds. The van der Waals surface area contributed by atoms with Gasteiger partial charge in [-0.3, -0.25) is 0 Å². The fourth-order valence-electron chi connectivity index (χ4n) is 2.60. The molecule has 3 nitrogen and oxygen atoms in total. The Morgan fingerprint density at radius 3 is 2.74 bits per heavy atom. The molecule has 7 heteroatoms. The van der Waals surface area contributed by atoms with E-state index in [0.29, 0.717) is 17.2 Å². The minimum Gasteiger partial charge on any atom is -0.387 e. The minimum absolute atomic E-state index is 0.00454. The summed E-state index contributed by atoms with van der Waals surface area (Å²) in [5.41, 5.74) is 0. The highest BCUT2D eigenvalue weighted by molar-refractivity contribution is 9.10. The van der Waals surface area contributed by atoms with Gasteiger partial charge in [0, 0.05) is 15.6 Å². The van der Waals surface area contributed by atoms with Crippen molar-refractivity contribution in [2.24, 2.45) is 5.92 Å². The van der Waals surface area contributed by atoms with E-state index in [-0.39, 0.29) is 11.2 Å². The first kappa shape index (κ1) is 15.8. The molecule has 0 aromatic carbocycles. The predicted octanol–water partition coefficient (Wildman–Crippen LogP) is 3.80. The van der Waals surface area contributed by atoms with Gasteiger partial charge in [0.25, 0.3) is 0 Å². The maximum Gasteiger partial charge on any atom is 0.150 e. The molecular weight excluding hydrogens is 372 g/mol. The molecule has 0 radical (unpaired) electrons. The number of hydrogen-bond acceptors (Lipinski definition) is 4. The maximum atomic E-state index is 11.6. The van der Waals surface area contributed by atoms with E-state index in [9.17, 15) is 13.5 Å². The molecule has 2 rings (SSSR count). The SMILES string of the molecule is CS(=O)(=O)C1CCCC(C(O)c2cc(Br)c(Cl)s2)C1. The summed E-state index contributed by atoms with van der Waals surface area (Å²) >= 11 is 10.6. The van der Waals surface area contributed by atoms with E-state index in [1.54, 1.807) is 0 Å². The molecule has 1 N–H and O–H groups in total. The Morgan fingerprint density at radius 2 is 2.21 bits per heavy atom. The van der Waals surface area contributed by atoms with Crippen molar-refractivity contribution in [2.45, 2.75) is 37.0 Å². The van der Waals surface area contributed by atoms with E-state index in [4.69, 9.17) is 11.6 Å². The molecule has 1 aromatic rings. The second-order valence-electron chi connectivity index (χ2n) is 5.09. The van der Waals surface area contributed by atoms with Gasteiger partial charge in [0.2, 0.25) is 0 Å². The zero-order valence-electron chi connectivity index (χ0n) is 10.5. The summed E-state index contributed by atoms with van der Waals surface area (Å²) in [5, 5.41) is 10.1. The van der Waals surface area contributed by atoms with Crippen LogP contribution in [0.4, 0.5) is 0 Å². The number of thiophene rings is 1. The molecule has 1 saturated carbocycles. The van der Waals surface area contributed by atoms with Crippen LogP contribution in [0.3, 0.4) is 0 Å². The van der Waals surface area contributed by atoms with E-state index >= 15 is 0 Å². The quantitative estimate of drug-likeness (QED) is 0.858. The monoisotopic (exact) mass is 386 g/mol. The number of halogens is 2. The predicted molar refractivity (Wildman–Crippen MR) is 82.6 cm³/mol. The lowest BCUT2D eigenvalue weighted by Gasteiger charge is -2.30. The van der Waals surface area contributed by atoms with Crippen LogP contribution in [0.15, 0.2) is 10.5 Å². The van der Waals surface area contributed by atoms with E-state index in [1.807, 2.05) is 6.07 Å². The zero-order valence-corrected chi connectivity index (χ0v) is 14.4. The lowest BCUT2D eigenvalue weighted by Crippen LogP contribution is -2.30. The van der Waals surface area contributed by atoms with Crippen LogP contribution in [0.5, 0.6) is 0 Å². The number of hydrogen-bond donors (Lipinski definition) is 1. The van der Waals surface area contributed by atoms with Gasteiger partial charge >= 0.3 is 0 Å². The Kier molecular flexibility index (Phi) is 4.99. The van der Waals surface area contributed by atoms with Crippen LogP contribution in [-0.2, 0) is 9.84 Å². The van der Waals surface area contributed by atoms with Crippen LogP contribution in [0.25, 0.3) is 0 Å². The Morgan fingerprint density at radius 1 is 1.53 bits per heavy atom. The second kappa shape index (κ2) is 6.02. The molecule has 0 spiro atoms. The Bertz CT molecular complexity index is 536. The van der Waals surface area contributed by atoms with Gasteiger partial charge in [-0.25, -0.2) is 8.42 Å². The van der Waals surface area contributed by atoms with E-state index in [2.05, 4.69) is 15.9 Å². The highest BCUT2D eigenvalue weighted by Crippen LogP contribution is 2.42. The van der Waals surface area contributed by atoms with E-state index < -0.39 is 15.9 Å². The molecule has 0 saturated heterocycles. The summed E-state index contributed by atoms with van der Waals surface area (Å²) in [4.78, 5) is 0.802. The summed E-state index contributed by atoms with van der Waals surface area (Å²) in [6, 6.07) is 1.82. The third-order valence-corrected chi connectivity index (χ3v) is 7.86. The van der Waals surface area contributed by atoms with Crippen LogP contribution in [-0.4, -0.2) is 25.0 Å². The first-order valence-electron chi connectivity index (χ1n) is 6.10. The molecule has 1 fully saturated rings. The van der Waals surface area contributed by atoms with Crippen LogP contribution in [0, 0.1) is 5.92 Å². The summed E-state index contributed by atoms with van der Waals surface area (Å²) in [5.74, 6) is -0.00454. The van der Waals surface area contributed by atoms with Gasteiger partial charge in [0.15, 0.2) is 0 Å². The number of sulfone groups is 1. The Hall–Kier alpha value is 0.380. The van der Waals surface area contributed by atoms with Crippen molar-refractivity contribution in [2.75, 3.05) is 6.26 Å². The first-order chi connectivity index (χ1) is 8.79. The third kappa shape index (κ3) is 3.73. The topological polar surface area (TPSA) is 54.4 Å². The average Bonchev–Trinajstić information content (AvgIpc) is 2.68. The highest BCUT2D eigenvalue weighted by atomic mass is 79.9. The molecule has 1 aliphatic carbocycles. The van der Waals surface area contributed by atoms with Crippen molar-refractivity contribution in [1.29, 1.82) is 0 Å². The van der Waals surface area contributed by atoms with Crippen molar-refractivity contribution < 1.29 is 13.5 Å². The van der Waals surface area contributed by atoms with Crippen molar-refractivity contribution >= 4 is 48.7 Å². The zero-order chi connectivity index (χ0) is 14.2. The third-order valence-electron chi connectivity index (χ3n) is 3.67. The van der Waals surface area contributed by atoms with Crippen molar-refractivity contribution in [1.82, 2.24) is 0 Å². The molecule has 0 bridgehead atoms. The molecule has 1 heterocycles. The fourth-order valence-corrected chi connectivity index (χ4v) is 5.61. The second-order valence-corrected chi connectivity index (χ2v) is 9.96. The number of aliphatic hydroxyl groups excluding tert-OH is 1. The van der Waals surface area contributed by atoms with Gasteiger partial charge in [-0.05, 0) is 47.2 Å². The highest BCUT2D eigenvalue weighted by Gasteiger charge is 2.33. The lowest BCUT2D eigenvalue weighted by atomic mass is 9.84. The molecule has 3 unspecified atom stereocenters. The normalized spacial score (nSPS) is 26.3. The summed E-state index contributed by atoms with van der Waals surface area (Å²) in [7, 11) is -3.02. The van der Waals surface area contributed by atoms with Crippen LogP contribution < -0.4 is 0 Å². The lowest BCUT2D eigenvalue weighted by molar-refractivity contribution is 0.0887. The Balaban J connectivity index is 2.13. The molecule has 1 aliphatic rings. The van der Waals surface area contributed by atoms with Crippen molar-refractivity contribution in [3.05, 3.63) is 19.8 Å². The van der Waals surface area contributed by atoms with Gasteiger partial charge in [0.05, 0.1) is 11.4 Å². The maximum absolute atomic E-state index is 11.6. The fraction of sp³-hybridized carbons (Fsp3) is 0.667. The largest absolute Gasteiger partial charge is 0.387 e. The van der Waals surface area contributed by atoms with Crippen LogP contribution in [0.2, 0.25) is 4.34 Å². The average molecular weight is 388 g/mol. The molecule has 1 aromatic heterocycles. The number of rotatable bonds is 3. The standard InChI is InChI=1S/C12H16BrClO3S2/c1-19(16,17)8-4-2-3-7(5-8)11(15)10-6-9(13)12(14)18-10/h6-8,11,15H,2-5H2,1H3. The smallest absolute Gasteiger partial charge is 0.150 e. The Labute approximate surface area is 131 Å². The molecule has 0 aliphatic heterocycles. The van der Waals surface area contributed by atoms with Crippen molar-refractivity contribution in [3.8, 4) is 0 Å². The van der Waals surface area contributed by atoms with Gasteiger partial charge in [0.1, 0.15) is 14.2 Å². The summed E-state index contributed by atoms with van der Waals surface area (Å²) < 4.78 is 24.7. The van der Waals surface area contributed by atoms with E-state index in [1.165, 1.54) is 17.6 Å². The van der Waals surface area contributed by atoms with E-state index in [0.717, 1.165) is 22.2 Å². The molecular formula is C12H16BrClO3S2. The van der Waals surface area contributed by atoms with Gasteiger partial charge in [-0.1, -0.05) is 18.0 Å². The molecule has 3 atom stereocenters. The summed E-state index contributed by atoms with van der Waals surface area (Å²) in [6.45, 7) is 0. The first-order valence-corrected chi connectivity index (χ1v) is 10.0. The van der Waals surface area contributed by atoms with Crippen LogP contribution in [0.1, 0.15) is 36.7 Å².